The van der Waals surface area contributed by atoms with Crippen molar-refractivity contribution in [3.63, 3.8) is 0 Å². The van der Waals surface area contributed by atoms with Crippen molar-refractivity contribution in [1.82, 2.24) is 4.72 Å². The maximum absolute atomic E-state index is 12.4. The van der Waals surface area contributed by atoms with E-state index in [1.807, 2.05) is 20.1 Å². The van der Waals surface area contributed by atoms with Gasteiger partial charge >= 0.3 is 0 Å². The molecule has 6 heteroatoms. The smallest absolute Gasteiger partial charge is 0.241 e. The van der Waals surface area contributed by atoms with Crippen molar-refractivity contribution >= 4 is 27.5 Å². The lowest BCUT2D eigenvalue weighted by molar-refractivity contribution is 0.569. The van der Waals surface area contributed by atoms with Gasteiger partial charge in [-0.1, -0.05) is 0 Å². The monoisotopic (exact) mass is 302 g/mol. The van der Waals surface area contributed by atoms with Gasteiger partial charge in [-0.2, -0.15) is 11.8 Å². The first-order chi connectivity index (χ1) is 8.59. The molecule has 0 atom stereocenters. The Morgan fingerprint density at radius 1 is 1.26 bits per heavy atom. The molecule has 0 amide bonds. The molecule has 1 rings (SSSR count). The SMILES string of the molecule is CSC(C)(C)CNS(=O)(=O)c1c(C)cc(N)cc1C. The molecule has 1 aromatic rings. The number of benzene rings is 1. The lowest BCUT2D eigenvalue weighted by atomic mass is 10.1. The minimum Gasteiger partial charge on any atom is -0.399 e. The van der Waals surface area contributed by atoms with Crippen molar-refractivity contribution < 1.29 is 8.42 Å². The van der Waals surface area contributed by atoms with Crippen molar-refractivity contribution in [1.29, 1.82) is 0 Å². The molecule has 0 saturated heterocycles. The van der Waals surface area contributed by atoms with E-state index in [0.29, 0.717) is 28.3 Å². The number of nitrogens with one attached hydrogen (secondary N) is 1. The highest BCUT2D eigenvalue weighted by Crippen LogP contribution is 2.25. The topological polar surface area (TPSA) is 72.2 Å². The van der Waals surface area contributed by atoms with Crippen molar-refractivity contribution in [2.75, 3.05) is 18.5 Å². The molecule has 0 aliphatic heterocycles. The normalized spacial score (nSPS) is 12.7. The number of hydrogen-bond donors (Lipinski definition) is 2. The molecule has 0 aliphatic carbocycles. The Kier molecular flexibility index (Phi) is 4.92. The number of rotatable bonds is 5. The molecule has 0 heterocycles. The van der Waals surface area contributed by atoms with Crippen LogP contribution in [-0.4, -0.2) is 26.0 Å². The van der Waals surface area contributed by atoms with Gasteiger partial charge in [-0.15, -0.1) is 0 Å². The van der Waals surface area contributed by atoms with E-state index in [-0.39, 0.29) is 4.75 Å². The predicted molar refractivity (Wildman–Crippen MR) is 83.1 cm³/mol. The Bertz CT molecular complexity index is 543. The minimum atomic E-state index is -3.50. The molecule has 0 aliphatic rings. The van der Waals surface area contributed by atoms with Crippen molar-refractivity contribution in [2.24, 2.45) is 0 Å². The fraction of sp³-hybridized carbons (Fsp3) is 0.538. The Hall–Kier alpha value is -0.720. The molecule has 3 N–H and O–H groups in total. The van der Waals surface area contributed by atoms with Crippen molar-refractivity contribution in [3.8, 4) is 0 Å². The van der Waals surface area contributed by atoms with Crippen LogP contribution in [0.25, 0.3) is 0 Å². The van der Waals surface area contributed by atoms with E-state index in [9.17, 15) is 8.42 Å². The standard InChI is InChI=1S/C13H22N2O2S2/c1-9-6-11(14)7-10(2)12(9)19(16,17)15-8-13(3,4)18-5/h6-7,15H,8,14H2,1-5H3. The molecular formula is C13H22N2O2S2. The highest BCUT2D eigenvalue weighted by atomic mass is 32.2. The number of nitrogens with two attached hydrogens (primary N) is 1. The first-order valence-corrected chi connectivity index (χ1v) is 8.71. The Balaban J connectivity index is 3.09. The average Bonchev–Trinajstić information content (AvgIpc) is 2.25. The number of sulfonamides is 1. The third-order valence-corrected chi connectivity index (χ3v) is 5.95. The summed E-state index contributed by atoms with van der Waals surface area (Å²) in [5.41, 5.74) is 7.65. The van der Waals surface area contributed by atoms with Crippen LogP contribution in [0.3, 0.4) is 0 Å². The Morgan fingerprint density at radius 2 is 1.74 bits per heavy atom. The number of thioether (sulfide) groups is 1. The second kappa shape index (κ2) is 5.73. The summed E-state index contributed by atoms with van der Waals surface area (Å²) in [6, 6.07) is 3.36. The van der Waals surface area contributed by atoms with Crippen LogP contribution in [0.2, 0.25) is 0 Å². The minimum absolute atomic E-state index is 0.136. The second-order valence-electron chi connectivity index (χ2n) is 5.27. The van der Waals surface area contributed by atoms with Gasteiger partial charge in [-0.05, 0) is 57.2 Å². The summed E-state index contributed by atoms with van der Waals surface area (Å²) in [7, 11) is -3.50. The van der Waals surface area contributed by atoms with Gasteiger partial charge in [0, 0.05) is 17.0 Å². The van der Waals surface area contributed by atoms with Gasteiger partial charge in [-0.25, -0.2) is 13.1 Å². The number of nitrogen functional groups attached to an aromatic ring is 1. The molecule has 19 heavy (non-hydrogen) atoms. The van der Waals surface area contributed by atoms with E-state index >= 15 is 0 Å². The molecule has 0 bridgehead atoms. The molecule has 0 saturated carbocycles. The number of aryl methyl sites for hydroxylation is 2. The predicted octanol–water partition coefficient (Wildman–Crippen LogP) is 2.31. The van der Waals surface area contributed by atoms with Crippen LogP contribution >= 0.6 is 11.8 Å². The highest BCUT2D eigenvalue weighted by molar-refractivity contribution is 8.00. The van der Waals surface area contributed by atoms with Gasteiger partial charge in [0.25, 0.3) is 0 Å². The van der Waals surface area contributed by atoms with Gasteiger partial charge in [0.15, 0.2) is 0 Å². The Labute approximate surface area is 120 Å². The summed E-state index contributed by atoms with van der Waals surface area (Å²) in [6.45, 7) is 7.92. The molecular weight excluding hydrogens is 280 g/mol. The van der Waals surface area contributed by atoms with Gasteiger partial charge in [0.1, 0.15) is 0 Å². The van der Waals surface area contributed by atoms with Crippen LogP contribution in [0.4, 0.5) is 5.69 Å². The highest BCUT2D eigenvalue weighted by Gasteiger charge is 2.24. The van der Waals surface area contributed by atoms with E-state index in [2.05, 4.69) is 4.72 Å². The second-order valence-corrected chi connectivity index (χ2v) is 8.49. The summed E-state index contributed by atoms with van der Waals surface area (Å²) < 4.78 is 27.3. The van der Waals surface area contributed by atoms with E-state index in [1.54, 1.807) is 37.7 Å². The summed E-state index contributed by atoms with van der Waals surface area (Å²) >= 11 is 1.63. The molecule has 0 aromatic heterocycles. The van der Waals surface area contributed by atoms with E-state index in [4.69, 9.17) is 5.73 Å². The first kappa shape index (κ1) is 16.3. The summed E-state index contributed by atoms with van der Waals surface area (Å²) in [6.07, 6.45) is 1.97. The zero-order chi connectivity index (χ0) is 14.8. The Morgan fingerprint density at radius 3 is 2.16 bits per heavy atom. The van der Waals surface area contributed by atoms with Gasteiger partial charge < -0.3 is 5.73 Å². The molecule has 0 radical (unpaired) electrons. The number of hydrogen-bond acceptors (Lipinski definition) is 4. The fourth-order valence-corrected chi connectivity index (χ4v) is 3.79. The summed E-state index contributed by atoms with van der Waals surface area (Å²) in [4.78, 5) is 0.332. The lowest BCUT2D eigenvalue weighted by Crippen LogP contribution is -2.36. The van der Waals surface area contributed by atoms with Crippen LogP contribution < -0.4 is 10.5 Å². The van der Waals surface area contributed by atoms with Crippen LogP contribution in [0.1, 0.15) is 25.0 Å². The third kappa shape index (κ3) is 4.12. The van der Waals surface area contributed by atoms with E-state index in [0.717, 1.165) is 0 Å². The summed E-state index contributed by atoms with van der Waals surface area (Å²) in [5.74, 6) is 0. The van der Waals surface area contributed by atoms with Gasteiger partial charge in [0.05, 0.1) is 4.90 Å². The van der Waals surface area contributed by atoms with E-state index in [1.165, 1.54) is 0 Å². The molecule has 1 aromatic carbocycles. The molecule has 0 spiro atoms. The summed E-state index contributed by atoms with van der Waals surface area (Å²) in [5, 5.41) is 0. The van der Waals surface area contributed by atoms with Crippen LogP contribution in [0.5, 0.6) is 0 Å². The molecule has 0 fully saturated rings. The first-order valence-electron chi connectivity index (χ1n) is 6.00. The van der Waals surface area contributed by atoms with Gasteiger partial charge in [0.2, 0.25) is 10.0 Å². The molecule has 108 valence electrons. The zero-order valence-corrected chi connectivity index (χ0v) is 13.7. The van der Waals surface area contributed by atoms with Crippen LogP contribution in [0, 0.1) is 13.8 Å². The molecule has 4 nitrogen and oxygen atoms in total. The number of anilines is 1. The quantitative estimate of drug-likeness (QED) is 0.819. The molecule has 0 unspecified atom stereocenters. The van der Waals surface area contributed by atoms with Crippen molar-refractivity contribution in [3.05, 3.63) is 23.3 Å². The van der Waals surface area contributed by atoms with Gasteiger partial charge in [-0.3, -0.25) is 0 Å². The van der Waals surface area contributed by atoms with E-state index < -0.39 is 10.0 Å². The maximum Gasteiger partial charge on any atom is 0.241 e. The zero-order valence-electron chi connectivity index (χ0n) is 12.1. The largest absolute Gasteiger partial charge is 0.399 e. The van der Waals surface area contributed by atoms with Crippen LogP contribution in [0.15, 0.2) is 17.0 Å². The third-order valence-electron chi connectivity index (χ3n) is 2.99. The average molecular weight is 302 g/mol. The fourth-order valence-electron chi connectivity index (χ4n) is 1.82. The maximum atomic E-state index is 12.4. The lowest BCUT2D eigenvalue weighted by Gasteiger charge is -2.23. The van der Waals surface area contributed by atoms with Crippen molar-refractivity contribution in [2.45, 2.75) is 37.3 Å². The van der Waals surface area contributed by atoms with Crippen LogP contribution in [-0.2, 0) is 10.0 Å².